The van der Waals surface area contributed by atoms with Gasteiger partial charge in [-0.05, 0) is 75.1 Å². The van der Waals surface area contributed by atoms with Crippen molar-refractivity contribution in [3.05, 3.63) is 70.7 Å². The molecule has 0 bridgehead atoms. The minimum atomic E-state index is -0.441. The number of benzene rings is 2. The maximum Gasteiger partial charge on any atom is 0.0865 e. The molecule has 2 atom stereocenters. The van der Waals surface area contributed by atoms with Gasteiger partial charge in [-0.3, -0.25) is 0 Å². The molecule has 2 nitrogen and oxygen atoms in total. The molecular formula is C26H33ClN2. The van der Waals surface area contributed by atoms with Crippen LogP contribution in [0.1, 0.15) is 57.1 Å². The lowest BCUT2D eigenvalue weighted by atomic mass is 9.73. The second kappa shape index (κ2) is 10.3. The average Bonchev–Trinajstić information content (AvgIpc) is 3.59. The fraction of sp³-hybridized carbons (Fsp3) is 0.500. The summed E-state index contributed by atoms with van der Waals surface area (Å²) in [6.45, 7) is 6.73. The Bertz CT molecular complexity index is 809. The van der Waals surface area contributed by atoms with E-state index in [1.54, 1.807) is 0 Å². The first-order valence-electron chi connectivity index (χ1n) is 11.0. The summed E-state index contributed by atoms with van der Waals surface area (Å²) in [5.74, 6) is 0.448. The van der Waals surface area contributed by atoms with Crippen LogP contribution >= 0.6 is 11.6 Å². The molecule has 3 heteroatoms. The molecular weight excluding hydrogens is 376 g/mol. The van der Waals surface area contributed by atoms with Crippen molar-refractivity contribution in [2.45, 2.75) is 63.8 Å². The van der Waals surface area contributed by atoms with Gasteiger partial charge in [0.2, 0.25) is 0 Å². The molecule has 3 rings (SSSR count). The first-order valence-corrected chi connectivity index (χ1v) is 11.4. The molecule has 2 unspecified atom stereocenters. The van der Waals surface area contributed by atoms with E-state index in [0.29, 0.717) is 12.0 Å². The van der Waals surface area contributed by atoms with Crippen LogP contribution in [0.4, 0.5) is 0 Å². The summed E-state index contributed by atoms with van der Waals surface area (Å²) < 4.78 is 0. The van der Waals surface area contributed by atoms with Crippen molar-refractivity contribution in [3.63, 3.8) is 0 Å². The van der Waals surface area contributed by atoms with Gasteiger partial charge in [-0.1, -0.05) is 67.1 Å². The van der Waals surface area contributed by atoms with Gasteiger partial charge >= 0.3 is 0 Å². The van der Waals surface area contributed by atoms with E-state index in [1.165, 1.54) is 5.56 Å². The van der Waals surface area contributed by atoms with E-state index in [2.05, 4.69) is 61.2 Å². The van der Waals surface area contributed by atoms with Crippen molar-refractivity contribution in [1.29, 1.82) is 5.26 Å². The van der Waals surface area contributed by atoms with Gasteiger partial charge in [0.1, 0.15) is 0 Å². The first kappa shape index (κ1) is 21.9. The molecule has 0 amide bonds. The van der Waals surface area contributed by atoms with Gasteiger partial charge in [0, 0.05) is 17.6 Å². The fourth-order valence-electron chi connectivity index (χ4n) is 4.54. The predicted molar refractivity (Wildman–Crippen MR) is 122 cm³/mol. The highest BCUT2D eigenvalue weighted by Crippen LogP contribution is 2.51. The van der Waals surface area contributed by atoms with Crippen LogP contribution in [0.25, 0.3) is 0 Å². The lowest BCUT2D eigenvalue weighted by Gasteiger charge is -2.33. The maximum absolute atomic E-state index is 10.2. The SMILES string of the molecule is CCCN(CCc1ccccc1)C(C)CCC(C#N)(c1ccccc1Cl)C1CC1. The number of halogens is 1. The number of hydrogen-bond acceptors (Lipinski definition) is 2. The number of rotatable bonds is 11. The third-order valence-corrected chi connectivity index (χ3v) is 6.78. The van der Waals surface area contributed by atoms with Gasteiger partial charge in [-0.2, -0.15) is 5.26 Å². The van der Waals surface area contributed by atoms with Crippen LogP contribution in [-0.2, 0) is 11.8 Å². The van der Waals surface area contributed by atoms with Crippen molar-refractivity contribution in [1.82, 2.24) is 4.90 Å². The Hall–Kier alpha value is -1.82. The number of nitriles is 1. The third-order valence-electron chi connectivity index (χ3n) is 6.45. The van der Waals surface area contributed by atoms with Crippen molar-refractivity contribution >= 4 is 11.6 Å². The fourth-order valence-corrected chi connectivity index (χ4v) is 4.85. The lowest BCUT2D eigenvalue weighted by molar-refractivity contribution is 0.190. The zero-order valence-corrected chi connectivity index (χ0v) is 18.5. The smallest absolute Gasteiger partial charge is 0.0865 e. The molecule has 1 aliphatic carbocycles. The molecule has 0 spiro atoms. The highest BCUT2D eigenvalue weighted by molar-refractivity contribution is 6.31. The van der Waals surface area contributed by atoms with E-state index < -0.39 is 5.41 Å². The normalized spacial score (nSPS) is 16.9. The van der Waals surface area contributed by atoms with Gasteiger partial charge in [-0.25, -0.2) is 0 Å². The summed E-state index contributed by atoms with van der Waals surface area (Å²) >= 11 is 6.54. The van der Waals surface area contributed by atoms with E-state index in [-0.39, 0.29) is 0 Å². The van der Waals surface area contributed by atoms with Crippen molar-refractivity contribution in [2.75, 3.05) is 13.1 Å². The monoisotopic (exact) mass is 408 g/mol. The standard InChI is InChI=1S/C26H33ClN2/c1-3-18-29(19-16-22-9-5-4-6-10-22)21(2)15-17-26(20-28,23-13-14-23)24-11-7-8-12-25(24)27/h4-12,21,23H,3,13-19H2,1-2H3. The summed E-state index contributed by atoms with van der Waals surface area (Å²) in [5.41, 5.74) is 1.98. The zero-order chi connectivity index (χ0) is 20.7. The molecule has 0 aromatic heterocycles. The molecule has 0 saturated heterocycles. The Balaban J connectivity index is 1.69. The highest BCUT2D eigenvalue weighted by Gasteiger charge is 2.47. The van der Waals surface area contributed by atoms with E-state index in [1.807, 2.05) is 18.2 Å². The minimum Gasteiger partial charge on any atom is -0.300 e. The largest absolute Gasteiger partial charge is 0.300 e. The first-order chi connectivity index (χ1) is 14.1. The summed E-state index contributed by atoms with van der Waals surface area (Å²) in [4.78, 5) is 2.59. The Labute approximate surface area is 181 Å². The number of nitrogens with zero attached hydrogens (tertiary/aromatic N) is 2. The van der Waals surface area contributed by atoms with E-state index in [4.69, 9.17) is 11.6 Å². The Kier molecular flexibility index (Phi) is 7.76. The molecule has 154 valence electrons. The maximum atomic E-state index is 10.2. The van der Waals surface area contributed by atoms with Crippen LogP contribution in [0.2, 0.25) is 5.02 Å². The summed E-state index contributed by atoms with van der Waals surface area (Å²) in [5, 5.41) is 11.0. The molecule has 1 aliphatic rings. The molecule has 0 radical (unpaired) electrons. The average molecular weight is 409 g/mol. The molecule has 29 heavy (non-hydrogen) atoms. The Morgan fingerprint density at radius 3 is 2.41 bits per heavy atom. The van der Waals surface area contributed by atoms with E-state index in [0.717, 1.165) is 62.2 Å². The lowest BCUT2D eigenvalue weighted by Crippen LogP contribution is -2.37. The molecule has 2 aromatic carbocycles. The molecule has 2 aromatic rings. The van der Waals surface area contributed by atoms with Gasteiger partial charge in [0.05, 0.1) is 11.5 Å². The van der Waals surface area contributed by atoms with Crippen LogP contribution in [0.15, 0.2) is 54.6 Å². The Morgan fingerprint density at radius 1 is 1.10 bits per heavy atom. The van der Waals surface area contributed by atoms with Gasteiger partial charge in [0.15, 0.2) is 0 Å². The summed E-state index contributed by atoms with van der Waals surface area (Å²) in [7, 11) is 0. The molecule has 0 heterocycles. The molecule has 1 saturated carbocycles. The van der Waals surface area contributed by atoms with Gasteiger partial charge in [-0.15, -0.1) is 0 Å². The summed E-state index contributed by atoms with van der Waals surface area (Å²) in [6, 6.07) is 21.8. The van der Waals surface area contributed by atoms with Gasteiger partial charge < -0.3 is 4.90 Å². The van der Waals surface area contributed by atoms with Crippen LogP contribution in [0, 0.1) is 17.2 Å². The predicted octanol–water partition coefficient (Wildman–Crippen LogP) is 6.63. The van der Waals surface area contributed by atoms with Crippen LogP contribution < -0.4 is 0 Å². The van der Waals surface area contributed by atoms with E-state index in [9.17, 15) is 5.26 Å². The van der Waals surface area contributed by atoms with Crippen LogP contribution in [0.3, 0.4) is 0 Å². The molecule has 0 N–H and O–H groups in total. The summed E-state index contributed by atoms with van der Waals surface area (Å²) in [6.07, 6.45) is 6.39. The quantitative estimate of drug-likeness (QED) is 0.417. The van der Waals surface area contributed by atoms with Crippen molar-refractivity contribution in [2.24, 2.45) is 5.92 Å². The zero-order valence-electron chi connectivity index (χ0n) is 17.8. The van der Waals surface area contributed by atoms with Crippen LogP contribution in [-0.4, -0.2) is 24.0 Å². The second-order valence-electron chi connectivity index (χ2n) is 8.50. The van der Waals surface area contributed by atoms with E-state index >= 15 is 0 Å². The van der Waals surface area contributed by atoms with Crippen molar-refractivity contribution in [3.8, 4) is 6.07 Å². The minimum absolute atomic E-state index is 0.441. The second-order valence-corrected chi connectivity index (χ2v) is 8.90. The topological polar surface area (TPSA) is 27.0 Å². The third kappa shape index (κ3) is 5.41. The Morgan fingerprint density at radius 2 is 1.79 bits per heavy atom. The highest BCUT2D eigenvalue weighted by atomic mass is 35.5. The van der Waals surface area contributed by atoms with Crippen LogP contribution in [0.5, 0.6) is 0 Å². The molecule has 1 fully saturated rings. The van der Waals surface area contributed by atoms with Crippen molar-refractivity contribution < 1.29 is 0 Å². The van der Waals surface area contributed by atoms with Gasteiger partial charge in [0.25, 0.3) is 0 Å². The number of hydrogen-bond donors (Lipinski definition) is 0. The molecule has 0 aliphatic heterocycles.